The number of hydrogen-bond donors (Lipinski definition) is 0. The standard InChI is InChI=1S/C10H13BrS/c1-7(2)12-10-5-8(3)4-9(11)6-10/h4-7H,1-3H3. The maximum absolute atomic E-state index is 3.49. The zero-order chi connectivity index (χ0) is 9.14. The number of benzene rings is 1. The van der Waals surface area contributed by atoms with Crippen molar-refractivity contribution in [1.29, 1.82) is 0 Å². The molecule has 0 aliphatic carbocycles. The van der Waals surface area contributed by atoms with Gasteiger partial charge >= 0.3 is 0 Å². The molecule has 0 radical (unpaired) electrons. The van der Waals surface area contributed by atoms with E-state index in [0.717, 1.165) is 0 Å². The molecule has 0 saturated carbocycles. The lowest BCUT2D eigenvalue weighted by Gasteiger charge is -2.06. The van der Waals surface area contributed by atoms with Crippen molar-refractivity contribution in [2.24, 2.45) is 0 Å². The lowest BCUT2D eigenvalue weighted by molar-refractivity contribution is 1.11. The van der Waals surface area contributed by atoms with Gasteiger partial charge in [0, 0.05) is 14.6 Å². The van der Waals surface area contributed by atoms with Gasteiger partial charge in [0.05, 0.1) is 0 Å². The molecule has 1 aromatic rings. The molecule has 0 bridgehead atoms. The van der Waals surface area contributed by atoms with Gasteiger partial charge in [0.25, 0.3) is 0 Å². The highest BCUT2D eigenvalue weighted by Crippen LogP contribution is 2.26. The summed E-state index contributed by atoms with van der Waals surface area (Å²) >= 11 is 5.39. The molecule has 0 N–H and O–H groups in total. The zero-order valence-electron chi connectivity index (χ0n) is 7.60. The Kier molecular flexibility index (Phi) is 3.66. The second-order valence-corrected chi connectivity index (χ2v) is 5.70. The van der Waals surface area contributed by atoms with Crippen molar-refractivity contribution in [2.45, 2.75) is 30.9 Å². The number of halogens is 1. The summed E-state index contributed by atoms with van der Waals surface area (Å²) in [7, 11) is 0. The van der Waals surface area contributed by atoms with Crippen LogP contribution in [0.25, 0.3) is 0 Å². The van der Waals surface area contributed by atoms with Crippen LogP contribution in [0.2, 0.25) is 0 Å². The summed E-state index contributed by atoms with van der Waals surface area (Å²) in [6.07, 6.45) is 0. The molecule has 0 aliphatic heterocycles. The van der Waals surface area contributed by atoms with E-state index < -0.39 is 0 Å². The molecular weight excluding hydrogens is 232 g/mol. The Morgan fingerprint density at radius 3 is 2.42 bits per heavy atom. The Balaban J connectivity index is 2.85. The first-order chi connectivity index (χ1) is 5.58. The van der Waals surface area contributed by atoms with Crippen LogP contribution in [0.1, 0.15) is 19.4 Å². The van der Waals surface area contributed by atoms with E-state index in [1.165, 1.54) is 14.9 Å². The van der Waals surface area contributed by atoms with Crippen LogP contribution < -0.4 is 0 Å². The second-order valence-electron chi connectivity index (χ2n) is 3.13. The van der Waals surface area contributed by atoms with Crippen LogP contribution in [0, 0.1) is 6.92 Å². The molecule has 0 nitrogen and oxygen atoms in total. The van der Waals surface area contributed by atoms with Crippen LogP contribution >= 0.6 is 27.7 Å². The van der Waals surface area contributed by atoms with Crippen LogP contribution in [0.5, 0.6) is 0 Å². The smallest absolute Gasteiger partial charge is 0.0189 e. The highest BCUT2D eigenvalue weighted by Gasteiger charge is 1.99. The Morgan fingerprint density at radius 2 is 1.92 bits per heavy atom. The van der Waals surface area contributed by atoms with Gasteiger partial charge in [0.15, 0.2) is 0 Å². The van der Waals surface area contributed by atoms with Crippen molar-refractivity contribution in [1.82, 2.24) is 0 Å². The highest BCUT2D eigenvalue weighted by molar-refractivity contribution is 9.10. The minimum absolute atomic E-state index is 0.652. The molecule has 1 aromatic carbocycles. The first-order valence-corrected chi connectivity index (χ1v) is 5.69. The fourth-order valence-electron chi connectivity index (χ4n) is 1.04. The molecule has 0 amide bonds. The monoisotopic (exact) mass is 244 g/mol. The number of thioether (sulfide) groups is 1. The minimum Gasteiger partial charge on any atom is -0.123 e. The van der Waals surface area contributed by atoms with Gasteiger partial charge in [-0.2, -0.15) is 0 Å². The molecule has 0 heterocycles. The molecule has 66 valence electrons. The molecule has 0 unspecified atom stereocenters. The molecule has 0 aromatic heterocycles. The van der Waals surface area contributed by atoms with Gasteiger partial charge in [-0.05, 0) is 30.7 Å². The second kappa shape index (κ2) is 4.33. The summed E-state index contributed by atoms with van der Waals surface area (Å²) in [6, 6.07) is 6.51. The molecule has 0 spiro atoms. The lowest BCUT2D eigenvalue weighted by Crippen LogP contribution is -1.86. The summed E-state index contributed by atoms with van der Waals surface area (Å²) in [5, 5.41) is 0.652. The Morgan fingerprint density at radius 1 is 1.25 bits per heavy atom. The molecule has 0 saturated heterocycles. The van der Waals surface area contributed by atoms with Gasteiger partial charge < -0.3 is 0 Å². The van der Waals surface area contributed by atoms with Crippen LogP contribution in [-0.4, -0.2) is 5.25 Å². The van der Waals surface area contributed by atoms with Gasteiger partial charge in [-0.3, -0.25) is 0 Å². The first-order valence-electron chi connectivity index (χ1n) is 4.02. The highest BCUT2D eigenvalue weighted by atomic mass is 79.9. The number of hydrogen-bond acceptors (Lipinski definition) is 1. The van der Waals surface area contributed by atoms with Crippen LogP contribution in [0.4, 0.5) is 0 Å². The van der Waals surface area contributed by atoms with E-state index in [0.29, 0.717) is 5.25 Å². The average Bonchev–Trinajstić information content (AvgIpc) is 1.81. The summed E-state index contributed by atoms with van der Waals surface area (Å²) in [5.74, 6) is 0. The molecular formula is C10H13BrS. The molecule has 2 heteroatoms. The van der Waals surface area contributed by atoms with E-state index in [4.69, 9.17) is 0 Å². The topological polar surface area (TPSA) is 0 Å². The zero-order valence-corrected chi connectivity index (χ0v) is 10.00. The molecule has 0 aliphatic rings. The third kappa shape index (κ3) is 3.20. The van der Waals surface area contributed by atoms with Crippen LogP contribution in [0.15, 0.2) is 27.6 Å². The fraction of sp³-hybridized carbons (Fsp3) is 0.400. The quantitative estimate of drug-likeness (QED) is 0.701. The van der Waals surface area contributed by atoms with Crippen molar-refractivity contribution in [3.05, 3.63) is 28.2 Å². The maximum atomic E-state index is 3.49. The van der Waals surface area contributed by atoms with E-state index in [9.17, 15) is 0 Å². The Labute approximate surface area is 86.9 Å². The maximum Gasteiger partial charge on any atom is 0.0189 e. The summed E-state index contributed by atoms with van der Waals surface area (Å²) < 4.78 is 1.17. The predicted molar refractivity (Wildman–Crippen MR) is 59.9 cm³/mol. The molecule has 0 fully saturated rings. The van der Waals surface area contributed by atoms with Crippen molar-refractivity contribution in [2.75, 3.05) is 0 Å². The predicted octanol–water partition coefficient (Wildman–Crippen LogP) is 4.26. The normalized spacial score (nSPS) is 10.8. The summed E-state index contributed by atoms with van der Waals surface area (Å²) in [6.45, 7) is 6.54. The third-order valence-corrected chi connectivity index (χ3v) is 2.82. The molecule has 0 atom stereocenters. The van der Waals surface area contributed by atoms with Crippen molar-refractivity contribution in [3.8, 4) is 0 Å². The number of rotatable bonds is 2. The molecule has 12 heavy (non-hydrogen) atoms. The van der Waals surface area contributed by atoms with Gasteiger partial charge in [-0.1, -0.05) is 29.8 Å². The average molecular weight is 245 g/mol. The van der Waals surface area contributed by atoms with Crippen molar-refractivity contribution in [3.63, 3.8) is 0 Å². The van der Waals surface area contributed by atoms with Gasteiger partial charge in [-0.25, -0.2) is 0 Å². The van der Waals surface area contributed by atoms with Crippen molar-refractivity contribution < 1.29 is 0 Å². The first kappa shape index (κ1) is 10.1. The van der Waals surface area contributed by atoms with E-state index in [-0.39, 0.29) is 0 Å². The van der Waals surface area contributed by atoms with Crippen LogP contribution in [-0.2, 0) is 0 Å². The summed E-state index contributed by atoms with van der Waals surface area (Å²) in [4.78, 5) is 1.34. The Bertz CT molecular complexity index is 248. The van der Waals surface area contributed by atoms with Crippen molar-refractivity contribution >= 4 is 27.7 Å². The van der Waals surface area contributed by atoms with E-state index >= 15 is 0 Å². The lowest BCUT2D eigenvalue weighted by atomic mass is 10.2. The van der Waals surface area contributed by atoms with Gasteiger partial charge in [-0.15, -0.1) is 11.8 Å². The SMILES string of the molecule is Cc1cc(Br)cc(SC(C)C)c1. The van der Waals surface area contributed by atoms with Gasteiger partial charge in [0.1, 0.15) is 0 Å². The fourth-order valence-corrected chi connectivity index (χ4v) is 2.80. The number of aryl methyl sites for hydroxylation is 1. The van der Waals surface area contributed by atoms with E-state index in [1.54, 1.807) is 0 Å². The third-order valence-electron chi connectivity index (χ3n) is 1.39. The van der Waals surface area contributed by atoms with Gasteiger partial charge in [0.2, 0.25) is 0 Å². The van der Waals surface area contributed by atoms with E-state index in [1.807, 2.05) is 11.8 Å². The molecule has 1 rings (SSSR count). The minimum atomic E-state index is 0.652. The largest absolute Gasteiger partial charge is 0.123 e. The summed E-state index contributed by atoms with van der Waals surface area (Å²) in [5.41, 5.74) is 1.31. The van der Waals surface area contributed by atoms with E-state index in [2.05, 4.69) is 54.9 Å². The Hall–Kier alpha value is 0.0500. The van der Waals surface area contributed by atoms with Crippen LogP contribution in [0.3, 0.4) is 0 Å².